The first kappa shape index (κ1) is 17.0. The van der Waals surface area contributed by atoms with Crippen molar-refractivity contribution in [2.45, 2.75) is 65.7 Å². The summed E-state index contributed by atoms with van der Waals surface area (Å²) in [5.41, 5.74) is 0.544. The lowest BCUT2D eigenvalue weighted by Crippen LogP contribution is -2.48. The van der Waals surface area contributed by atoms with Crippen molar-refractivity contribution < 1.29 is 0 Å². The Morgan fingerprint density at radius 2 is 1.53 bits per heavy atom. The number of rotatable bonds is 9. The van der Waals surface area contributed by atoms with Crippen molar-refractivity contribution in [1.29, 1.82) is 0 Å². The van der Waals surface area contributed by atoms with Gasteiger partial charge in [0.05, 0.1) is 0 Å². The monoisotopic (exact) mass is 268 g/mol. The molecule has 0 amide bonds. The van der Waals surface area contributed by atoms with Crippen LogP contribution in [0.25, 0.3) is 0 Å². The number of hydrogen-bond donors (Lipinski definition) is 0. The molecule has 0 radical (unpaired) electrons. The largest absolute Gasteiger partial charge is 0.304 e. The van der Waals surface area contributed by atoms with Gasteiger partial charge in [-0.2, -0.15) is 0 Å². The Kier molecular flexibility index (Phi) is 8.01. The van der Waals surface area contributed by atoms with E-state index in [4.69, 9.17) is 0 Å². The third kappa shape index (κ3) is 6.76. The Hall–Kier alpha value is -0.0800. The fourth-order valence-electron chi connectivity index (χ4n) is 3.07. The molecule has 1 heterocycles. The van der Waals surface area contributed by atoms with E-state index in [0.29, 0.717) is 5.41 Å². The second kappa shape index (κ2) is 8.97. The van der Waals surface area contributed by atoms with Gasteiger partial charge in [-0.1, -0.05) is 52.9 Å². The highest BCUT2D eigenvalue weighted by atomic mass is 15.2. The number of hydrogen-bond acceptors (Lipinski definition) is 2. The van der Waals surface area contributed by atoms with Crippen LogP contribution in [0.5, 0.6) is 0 Å². The Morgan fingerprint density at radius 1 is 0.895 bits per heavy atom. The van der Waals surface area contributed by atoms with Crippen molar-refractivity contribution in [3.63, 3.8) is 0 Å². The first-order chi connectivity index (χ1) is 9.09. The van der Waals surface area contributed by atoms with E-state index in [1.165, 1.54) is 77.7 Å². The summed E-state index contributed by atoms with van der Waals surface area (Å²) in [4.78, 5) is 5.14. The summed E-state index contributed by atoms with van der Waals surface area (Å²) in [5, 5.41) is 0. The molecule has 0 aromatic carbocycles. The minimum Gasteiger partial charge on any atom is -0.304 e. The van der Waals surface area contributed by atoms with Gasteiger partial charge >= 0.3 is 0 Å². The van der Waals surface area contributed by atoms with Crippen LogP contribution in [0.4, 0.5) is 0 Å². The summed E-state index contributed by atoms with van der Waals surface area (Å²) in [7, 11) is 2.24. The molecule has 0 aliphatic carbocycles. The van der Waals surface area contributed by atoms with Gasteiger partial charge in [0, 0.05) is 32.7 Å². The minimum atomic E-state index is 0.544. The molecule has 0 bridgehead atoms. The van der Waals surface area contributed by atoms with Crippen LogP contribution in [-0.2, 0) is 0 Å². The van der Waals surface area contributed by atoms with Gasteiger partial charge in [0.25, 0.3) is 0 Å². The minimum absolute atomic E-state index is 0.544. The van der Waals surface area contributed by atoms with Gasteiger partial charge in [0.15, 0.2) is 0 Å². The van der Waals surface area contributed by atoms with E-state index in [-0.39, 0.29) is 0 Å². The zero-order valence-electron chi connectivity index (χ0n) is 13.9. The lowest BCUT2D eigenvalue weighted by molar-refractivity contribution is 0.0945. The Balaban J connectivity index is 2.25. The molecule has 0 spiro atoms. The predicted molar refractivity (Wildman–Crippen MR) is 85.7 cm³/mol. The lowest BCUT2D eigenvalue weighted by atomic mass is 9.81. The second-order valence-corrected chi connectivity index (χ2v) is 6.91. The van der Waals surface area contributed by atoms with Gasteiger partial charge in [-0.3, -0.25) is 0 Å². The van der Waals surface area contributed by atoms with E-state index < -0.39 is 0 Å². The first-order valence-electron chi connectivity index (χ1n) is 8.50. The fourth-order valence-corrected chi connectivity index (χ4v) is 3.07. The third-order valence-electron chi connectivity index (χ3n) is 4.94. The van der Waals surface area contributed by atoms with Crippen LogP contribution in [-0.4, -0.2) is 49.6 Å². The zero-order valence-corrected chi connectivity index (χ0v) is 13.9. The molecule has 19 heavy (non-hydrogen) atoms. The molecule has 1 atom stereocenters. The molecular weight excluding hydrogens is 232 g/mol. The van der Waals surface area contributed by atoms with Crippen LogP contribution in [0.15, 0.2) is 0 Å². The molecular formula is C17H36N2. The Morgan fingerprint density at radius 3 is 2.11 bits per heavy atom. The van der Waals surface area contributed by atoms with Gasteiger partial charge in [0.1, 0.15) is 0 Å². The number of nitrogens with zero attached hydrogens (tertiary/aromatic N) is 2. The van der Waals surface area contributed by atoms with E-state index in [0.717, 1.165) is 0 Å². The van der Waals surface area contributed by atoms with Crippen LogP contribution in [0.1, 0.15) is 65.7 Å². The van der Waals surface area contributed by atoms with E-state index in [2.05, 4.69) is 37.6 Å². The molecule has 114 valence electrons. The molecule has 1 aliphatic heterocycles. The summed E-state index contributed by atoms with van der Waals surface area (Å²) >= 11 is 0. The van der Waals surface area contributed by atoms with Gasteiger partial charge < -0.3 is 9.80 Å². The van der Waals surface area contributed by atoms with Crippen molar-refractivity contribution in [1.82, 2.24) is 9.80 Å². The standard InChI is InChI=1S/C17H36N2/c1-5-7-8-9-10-11-17(3,6-2)16-19-14-12-18(4)13-15-19/h5-16H2,1-4H3. The van der Waals surface area contributed by atoms with Gasteiger partial charge in [-0.05, 0) is 25.3 Å². The van der Waals surface area contributed by atoms with E-state index in [1.807, 2.05) is 0 Å². The SMILES string of the molecule is CCCCCCCC(C)(CC)CN1CCN(C)CC1. The van der Waals surface area contributed by atoms with Crippen molar-refractivity contribution in [3.05, 3.63) is 0 Å². The molecule has 2 heteroatoms. The summed E-state index contributed by atoms with van der Waals surface area (Å²) in [6, 6.07) is 0. The highest BCUT2D eigenvalue weighted by molar-refractivity contribution is 4.80. The maximum Gasteiger partial charge on any atom is 0.0110 e. The van der Waals surface area contributed by atoms with Crippen LogP contribution in [0.2, 0.25) is 0 Å². The Labute approximate surface area is 121 Å². The summed E-state index contributed by atoms with van der Waals surface area (Å²) in [6.07, 6.45) is 9.81. The summed E-state index contributed by atoms with van der Waals surface area (Å²) in [6.45, 7) is 13.5. The van der Waals surface area contributed by atoms with E-state index in [9.17, 15) is 0 Å². The highest BCUT2D eigenvalue weighted by Crippen LogP contribution is 2.30. The molecule has 0 aromatic rings. The third-order valence-corrected chi connectivity index (χ3v) is 4.94. The summed E-state index contributed by atoms with van der Waals surface area (Å²) in [5.74, 6) is 0. The molecule has 2 nitrogen and oxygen atoms in total. The normalized spacial score (nSPS) is 21.5. The Bertz CT molecular complexity index is 221. The molecule has 1 unspecified atom stereocenters. The van der Waals surface area contributed by atoms with Crippen LogP contribution in [0.3, 0.4) is 0 Å². The van der Waals surface area contributed by atoms with Crippen LogP contribution >= 0.6 is 0 Å². The van der Waals surface area contributed by atoms with Crippen LogP contribution < -0.4 is 0 Å². The number of piperazine rings is 1. The van der Waals surface area contributed by atoms with Gasteiger partial charge in [-0.15, -0.1) is 0 Å². The van der Waals surface area contributed by atoms with Gasteiger partial charge in [0.2, 0.25) is 0 Å². The topological polar surface area (TPSA) is 6.48 Å². The van der Waals surface area contributed by atoms with E-state index >= 15 is 0 Å². The molecule has 1 fully saturated rings. The number of likely N-dealkylation sites (N-methyl/N-ethyl adjacent to an activating group) is 1. The highest BCUT2D eigenvalue weighted by Gasteiger charge is 2.26. The van der Waals surface area contributed by atoms with Crippen molar-refractivity contribution in [3.8, 4) is 0 Å². The molecule has 1 saturated heterocycles. The molecule has 0 aromatic heterocycles. The predicted octanol–water partition coefficient (Wildman–Crippen LogP) is 4.01. The van der Waals surface area contributed by atoms with E-state index in [1.54, 1.807) is 0 Å². The fraction of sp³-hybridized carbons (Fsp3) is 1.00. The maximum absolute atomic E-state index is 2.69. The second-order valence-electron chi connectivity index (χ2n) is 6.91. The van der Waals surface area contributed by atoms with Crippen LogP contribution in [0, 0.1) is 5.41 Å². The van der Waals surface area contributed by atoms with Crippen molar-refractivity contribution in [2.24, 2.45) is 5.41 Å². The quantitative estimate of drug-likeness (QED) is 0.583. The maximum atomic E-state index is 2.69. The lowest BCUT2D eigenvalue weighted by Gasteiger charge is -2.39. The summed E-state index contributed by atoms with van der Waals surface area (Å²) < 4.78 is 0. The smallest absolute Gasteiger partial charge is 0.0110 e. The first-order valence-corrected chi connectivity index (χ1v) is 8.50. The van der Waals surface area contributed by atoms with Crippen molar-refractivity contribution in [2.75, 3.05) is 39.8 Å². The van der Waals surface area contributed by atoms with Crippen molar-refractivity contribution >= 4 is 0 Å². The molecule has 1 rings (SSSR count). The average molecular weight is 268 g/mol. The van der Waals surface area contributed by atoms with Gasteiger partial charge in [-0.25, -0.2) is 0 Å². The molecule has 0 saturated carbocycles. The average Bonchev–Trinajstić information content (AvgIpc) is 2.41. The number of unbranched alkanes of at least 4 members (excludes halogenated alkanes) is 4. The molecule has 1 aliphatic rings. The zero-order chi connectivity index (χ0) is 14.1. The molecule has 0 N–H and O–H groups in total.